The Balaban J connectivity index is 2.11. The van der Waals surface area contributed by atoms with Crippen LogP contribution in [0.5, 0.6) is 0 Å². The zero-order chi connectivity index (χ0) is 13.9. The van der Waals surface area contributed by atoms with Crippen LogP contribution in [0.15, 0.2) is 47.7 Å². The molecule has 0 fully saturated rings. The van der Waals surface area contributed by atoms with Crippen molar-refractivity contribution in [3.05, 3.63) is 53.2 Å². The zero-order valence-corrected chi connectivity index (χ0v) is 11.4. The molecule has 0 spiro atoms. The Kier molecular flexibility index (Phi) is 3.33. The highest BCUT2D eigenvalue weighted by Crippen LogP contribution is 2.12. The van der Waals surface area contributed by atoms with Gasteiger partial charge in [-0.05, 0) is 18.6 Å². The van der Waals surface area contributed by atoms with Crippen LogP contribution in [0.1, 0.15) is 19.8 Å². The second-order valence-corrected chi connectivity index (χ2v) is 4.73. The van der Waals surface area contributed by atoms with Gasteiger partial charge < -0.3 is 0 Å². The summed E-state index contributed by atoms with van der Waals surface area (Å²) in [5.74, 6) is 0. The third-order valence-electron chi connectivity index (χ3n) is 3.31. The molecule has 3 rings (SSSR count). The van der Waals surface area contributed by atoms with E-state index >= 15 is 0 Å². The van der Waals surface area contributed by atoms with Crippen LogP contribution < -0.4 is 5.56 Å². The monoisotopic (exact) mass is 268 g/mol. The van der Waals surface area contributed by atoms with Gasteiger partial charge in [0.05, 0.1) is 18.2 Å². The molecule has 5 heteroatoms. The van der Waals surface area contributed by atoms with Gasteiger partial charge in [0, 0.05) is 6.54 Å². The van der Waals surface area contributed by atoms with Crippen molar-refractivity contribution in [2.45, 2.75) is 26.3 Å². The number of aromatic nitrogens is 4. The second kappa shape index (κ2) is 5.28. The van der Waals surface area contributed by atoms with Crippen molar-refractivity contribution in [1.29, 1.82) is 0 Å². The molecule has 0 unspecified atom stereocenters. The fourth-order valence-corrected chi connectivity index (χ4v) is 2.19. The van der Waals surface area contributed by atoms with Gasteiger partial charge in [0.25, 0.3) is 5.56 Å². The molecule has 2 aromatic heterocycles. The molecule has 0 radical (unpaired) electrons. The molecular weight excluding hydrogens is 252 g/mol. The van der Waals surface area contributed by atoms with E-state index in [0.717, 1.165) is 18.5 Å². The van der Waals surface area contributed by atoms with Crippen LogP contribution in [0.2, 0.25) is 0 Å². The first-order chi connectivity index (χ1) is 9.81. The van der Waals surface area contributed by atoms with Gasteiger partial charge in [0.1, 0.15) is 5.39 Å². The number of hydrogen-bond acceptors (Lipinski definition) is 3. The first-order valence-electron chi connectivity index (χ1n) is 6.80. The summed E-state index contributed by atoms with van der Waals surface area (Å²) in [5.41, 5.74) is 1.49. The summed E-state index contributed by atoms with van der Waals surface area (Å²) in [4.78, 5) is 16.7. The molecular formula is C15H16N4O. The molecule has 0 N–H and O–H groups in total. The maximum atomic E-state index is 12.3. The molecule has 0 aliphatic rings. The number of fused-ring (bicyclic) bond motifs is 1. The summed E-state index contributed by atoms with van der Waals surface area (Å²) in [6.45, 7) is 2.80. The lowest BCUT2D eigenvalue weighted by Crippen LogP contribution is -2.20. The van der Waals surface area contributed by atoms with Gasteiger partial charge in [-0.3, -0.25) is 9.36 Å². The fourth-order valence-electron chi connectivity index (χ4n) is 2.19. The van der Waals surface area contributed by atoms with E-state index in [-0.39, 0.29) is 5.56 Å². The molecule has 1 aromatic carbocycles. The zero-order valence-electron chi connectivity index (χ0n) is 11.4. The average Bonchev–Trinajstić information content (AvgIpc) is 2.92. The summed E-state index contributed by atoms with van der Waals surface area (Å²) in [6.07, 6.45) is 5.23. The van der Waals surface area contributed by atoms with Crippen LogP contribution in [0, 0.1) is 0 Å². The van der Waals surface area contributed by atoms with Gasteiger partial charge in [-0.1, -0.05) is 31.5 Å². The molecule has 2 heterocycles. The van der Waals surface area contributed by atoms with E-state index in [1.807, 2.05) is 30.3 Å². The van der Waals surface area contributed by atoms with E-state index < -0.39 is 0 Å². The van der Waals surface area contributed by atoms with Gasteiger partial charge in [-0.2, -0.15) is 5.10 Å². The molecule has 5 nitrogen and oxygen atoms in total. The summed E-state index contributed by atoms with van der Waals surface area (Å²) in [7, 11) is 0. The fraction of sp³-hybridized carbons (Fsp3) is 0.267. The Morgan fingerprint density at radius 1 is 1.20 bits per heavy atom. The van der Waals surface area contributed by atoms with E-state index in [1.54, 1.807) is 21.8 Å². The highest BCUT2D eigenvalue weighted by Gasteiger charge is 2.10. The van der Waals surface area contributed by atoms with E-state index in [4.69, 9.17) is 0 Å². The number of benzene rings is 1. The first kappa shape index (κ1) is 12.6. The van der Waals surface area contributed by atoms with E-state index in [9.17, 15) is 4.79 Å². The van der Waals surface area contributed by atoms with Gasteiger partial charge in [0.15, 0.2) is 5.65 Å². The van der Waals surface area contributed by atoms with Crippen molar-refractivity contribution in [1.82, 2.24) is 19.3 Å². The van der Waals surface area contributed by atoms with Gasteiger partial charge in [-0.15, -0.1) is 0 Å². The van der Waals surface area contributed by atoms with Crippen LogP contribution in [0.25, 0.3) is 16.7 Å². The highest BCUT2D eigenvalue weighted by molar-refractivity contribution is 5.74. The summed E-state index contributed by atoms with van der Waals surface area (Å²) in [5, 5.41) is 4.85. The quantitative estimate of drug-likeness (QED) is 0.730. The summed E-state index contributed by atoms with van der Waals surface area (Å²) in [6, 6.07) is 9.70. The SMILES string of the molecule is CCCCn1cnc2c(cnn2-c2ccccc2)c1=O. The third-order valence-corrected chi connectivity index (χ3v) is 3.31. The number of para-hydroxylation sites is 1. The number of nitrogens with zero attached hydrogens (tertiary/aromatic N) is 4. The first-order valence-corrected chi connectivity index (χ1v) is 6.80. The minimum atomic E-state index is -0.0226. The molecule has 0 aliphatic heterocycles. The molecule has 0 saturated heterocycles. The number of unbranched alkanes of at least 4 members (excludes halogenated alkanes) is 1. The second-order valence-electron chi connectivity index (χ2n) is 4.73. The Morgan fingerprint density at radius 3 is 2.75 bits per heavy atom. The molecule has 0 bridgehead atoms. The average molecular weight is 268 g/mol. The summed E-state index contributed by atoms with van der Waals surface area (Å²) >= 11 is 0. The molecule has 0 atom stereocenters. The van der Waals surface area contributed by atoms with Crippen LogP contribution in [0.3, 0.4) is 0 Å². The van der Waals surface area contributed by atoms with E-state index in [1.165, 1.54) is 0 Å². The topological polar surface area (TPSA) is 52.7 Å². The molecule has 3 aromatic rings. The Morgan fingerprint density at radius 2 is 2.00 bits per heavy atom. The summed E-state index contributed by atoms with van der Waals surface area (Å²) < 4.78 is 3.35. The lowest BCUT2D eigenvalue weighted by Gasteiger charge is -2.05. The minimum Gasteiger partial charge on any atom is -0.299 e. The Bertz CT molecular complexity index is 773. The minimum absolute atomic E-state index is 0.0226. The molecule has 102 valence electrons. The number of rotatable bonds is 4. The molecule has 0 saturated carbocycles. The lowest BCUT2D eigenvalue weighted by molar-refractivity contribution is 0.608. The van der Waals surface area contributed by atoms with Crippen molar-refractivity contribution >= 4 is 11.0 Å². The Hall–Kier alpha value is -2.43. The normalized spacial score (nSPS) is 11.1. The standard InChI is InChI=1S/C15H16N4O/c1-2-3-9-18-11-16-14-13(15(18)20)10-17-19(14)12-7-5-4-6-8-12/h4-8,10-11H,2-3,9H2,1H3. The maximum Gasteiger partial charge on any atom is 0.264 e. The lowest BCUT2D eigenvalue weighted by atomic mass is 10.3. The van der Waals surface area contributed by atoms with Crippen LogP contribution >= 0.6 is 0 Å². The van der Waals surface area contributed by atoms with Crippen molar-refractivity contribution in [3.63, 3.8) is 0 Å². The van der Waals surface area contributed by atoms with E-state index in [2.05, 4.69) is 17.0 Å². The van der Waals surface area contributed by atoms with Gasteiger partial charge in [0.2, 0.25) is 0 Å². The predicted octanol–water partition coefficient (Wildman–Crippen LogP) is 2.38. The van der Waals surface area contributed by atoms with E-state index in [0.29, 0.717) is 17.6 Å². The van der Waals surface area contributed by atoms with Gasteiger partial charge >= 0.3 is 0 Å². The van der Waals surface area contributed by atoms with Crippen molar-refractivity contribution in [3.8, 4) is 5.69 Å². The molecule has 20 heavy (non-hydrogen) atoms. The van der Waals surface area contributed by atoms with Crippen LogP contribution in [-0.4, -0.2) is 19.3 Å². The largest absolute Gasteiger partial charge is 0.299 e. The molecule has 0 aliphatic carbocycles. The maximum absolute atomic E-state index is 12.3. The van der Waals surface area contributed by atoms with Crippen LogP contribution in [0.4, 0.5) is 0 Å². The van der Waals surface area contributed by atoms with Crippen molar-refractivity contribution in [2.75, 3.05) is 0 Å². The smallest absolute Gasteiger partial charge is 0.264 e. The predicted molar refractivity (Wildman–Crippen MR) is 78.0 cm³/mol. The Labute approximate surface area is 116 Å². The number of aryl methyl sites for hydroxylation is 1. The third kappa shape index (κ3) is 2.11. The van der Waals surface area contributed by atoms with Crippen LogP contribution in [-0.2, 0) is 6.54 Å². The number of hydrogen-bond donors (Lipinski definition) is 0. The molecule has 0 amide bonds. The highest BCUT2D eigenvalue weighted by atomic mass is 16.1. The van der Waals surface area contributed by atoms with Crippen molar-refractivity contribution < 1.29 is 0 Å². The van der Waals surface area contributed by atoms with Gasteiger partial charge in [-0.25, -0.2) is 9.67 Å². The van der Waals surface area contributed by atoms with Crippen molar-refractivity contribution in [2.24, 2.45) is 0 Å².